The van der Waals surface area contributed by atoms with Crippen LogP contribution < -0.4 is 5.32 Å². The number of nitrogens with one attached hydrogen (secondary N) is 1. The van der Waals surface area contributed by atoms with Crippen LogP contribution in [0.3, 0.4) is 0 Å². The summed E-state index contributed by atoms with van der Waals surface area (Å²) < 4.78 is 18.5. The molecule has 0 aromatic carbocycles. The molecule has 0 heterocycles. The SMILES string of the molecule is C=CN(CC(=O)N(CC(=O)N/C=C\C(Cl)=C(\F)CC)C(C)C)/C(C)=C/C=C\C(C)OC. The number of ether oxygens (including phenoxy) is 1. The van der Waals surface area contributed by atoms with Crippen molar-refractivity contribution in [1.29, 1.82) is 0 Å². The summed E-state index contributed by atoms with van der Waals surface area (Å²) in [5, 5.41) is 2.43. The van der Waals surface area contributed by atoms with Crippen LogP contribution in [0.1, 0.15) is 41.0 Å². The van der Waals surface area contributed by atoms with E-state index >= 15 is 0 Å². The highest BCUT2D eigenvalue weighted by molar-refractivity contribution is 6.31. The van der Waals surface area contributed by atoms with Crippen molar-refractivity contribution < 1.29 is 18.7 Å². The first-order valence-electron chi connectivity index (χ1n) is 10.1. The molecule has 0 aromatic rings. The summed E-state index contributed by atoms with van der Waals surface area (Å²) in [6.45, 7) is 12.7. The fourth-order valence-electron chi connectivity index (χ4n) is 2.32. The summed E-state index contributed by atoms with van der Waals surface area (Å²) >= 11 is 5.76. The number of methoxy groups -OCH3 is 1. The fourth-order valence-corrected chi connectivity index (χ4v) is 2.52. The van der Waals surface area contributed by atoms with Gasteiger partial charge in [0, 0.05) is 25.0 Å². The lowest BCUT2D eigenvalue weighted by Gasteiger charge is -2.29. The van der Waals surface area contributed by atoms with E-state index in [1.54, 1.807) is 25.1 Å². The van der Waals surface area contributed by atoms with E-state index < -0.39 is 11.7 Å². The molecule has 0 saturated carbocycles. The molecule has 0 fully saturated rings. The van der Waals surface area contributed by atoms with Gasteiger partial charge >= 0.3 is 0 Å². The Morgan fingerprint density at radius 1 is 1.26 bits per heavy atom. The molecule has 8 heteroatoms. The van der Waals surface area contributed by atoms with Crippen molar-refractivity contribution in [2.75, 3.05) is 20.2 Å². The molecule has 31 heavy (non-hydrogen) atoms. The van der Waals surface area contributed by atoms with Crippen LogP contribution in [0.15, 0.2) is 59.8 Å². The number of hydrogen-bond acceptors (Lipinski definition) is 4. The first-order chi connectivity index (χ1) is 14.6. The van der Waals surface area contributed by atoms with Crippen LogP contribution in [0.25, 0.3) is 0 Å². The second kappa shape index (κ2) is 15.4. The molecule has 1 atom stereocenters. The average Bonchev–Trinajstić information content (AvgIpc) is 2.74. The lowest BCUT2D eigenvalue weighted by Crippen LogP contribution is -2.46. The van der Waals surface area contributed by atoms with Crippen molar-refractivity contribution in [3.63, 3.8) is 0 Å². The number of amides is 2. The van der Waals surface area contributed by atoms with E-state index in [0.29, 0.717) is 0 Å². The predicted molar refractivity (Wildman–Crippen MR) is 125 cm³/mol. The quantitative estimate of drug-likeness (QED) is 0.411. The van der Waals surface area contributed by atoms with E-state index in [1.165, 1.54) is 17.2 Å². The van der Waals surface area contributed by atoms with Crippen molar-refractivity contribution in [3.8, 4) is 0 Å². The summed E-state index contributed by atoms with van der Waals surface area (Å²) in [4.78, 5) is 28.2. The maximum Gasteiger partial charge on any atom is 0.243 e. The van der Waals surface area contributed by atoms with Crippen molar-refractivity contribution in [2.45, 2.75) is 53.2 Å². The number of carbonyl (C=O) groups excluding carboxylic acids is 2. The maximum absolute atomic E-state index is 13.3. The summed E-state index contributed by atoms with van der Waals surface area (Å²) in [5.74, 6) is -1.11. The van der Waals surface area contributed by atoms with Crippen LogP contribution in [0.4, 0.5) is 4.39 Å². The van der Waals surface area contributed by atoms with E-state index in [1.807, 2.05) is 45.9 Å². The van der Waals surface area contributed by atoms with Gasteiger partial charge in [0.15, 0.2) is 0 Å². The van der Waals surface area contributed by atoms with Gasteiger partial charge in [0.1, 0.15) is 18.9 Å². The van der Waals surface area contributed by atoms with Gasteiger partial charge in [0.25, 0.3) is 0 Å². The maximum atomic E-state index is 13.3. The normalized spacial score (nSPS) is 14.0. The third kappa shape index (κ3) is 11.5. The number of nitrogens with zero attached hydrogens (tertiary/aromatic N) is 2. The Morgan fingerprint density at radius 2 is 1.90 bits per heavy atom. The Labute approximate surface area is 190 Å². The Kier molecular flexibility index (Phi) is 14.2. The zero-order valence-electron chi connectivity index (χ0n) is 19.3. The summed E-state index contributed by atoms with van der Waals surface area (Å²) in [6, 6.07) is -0.193. The highest BCUT2D eigenvalue weighted by atomic mass is 35.5. The minimum Gasteiger partial charge on any atom is -0.378 e. The summed E-state index contributed by atoms with van der Waals surface area (Å²) in [5.41, 5.74) is 0.818. The highest BCUT2D eigenvalue weighted by Gasteiger charge is 2.21. The van der Waals surface area contributed by atoms with Gasteiger partial charge in [-0.3, -0.25) is 9.59 Å². The van der Waals surface area contributed by atoms with Crippen molar-refractivity contribution in [3.05, 3.63) is 59.8 Å². The molecule has 0 aromatic heterocycles. The minimum absolute atomic E-state index is 0.0179. The van der Waals surface area contributed by atoms with Gasteiger partial charge in [-0.25, -0.2) is 4.39 Å². The van der Waals surface area contributed by atoms with Gasteiger partial charge in [-0.15, -0.1) is 0 Å². The molecule has 0 saturated heterocycles. The molecule has 6 nitrogen and oxygen atoms in total. The van der Waals surface area contributed by atoms with E-state index in [-0.39, 0.29) is 42.6 Å². The first kappa shape index (κ1) is 28.6. The third-order valence-electron chi connectivity index (χ3n) is 4.37. The molecule has 0 radical (unpaired) electrons. The number of hydrogen-bond donors (Lipinski definition) is 1. The second-order valence-electron chi connectivity index (χ2n) is 7.07. The summed E-state index contributed by atoms with van der Waals surface area (Å²) in [6.07, 6.45) is 9.84. The van der Waals surface area contributed by atoms with Gasteiger partial charge in [-0.05, 0) is 52.5 Å². The molecule has 2 amide bonds. The largest absolute Gasteiger partial charge is 0.378 e. The van der Waals surface area contributed by atoms with Crippen LogP contribution >= 0.6 is 11.6 Å². The number of rotatable bonds is 13. The molecule has 1 N–H and O–H groups in total. The topological polar surface area (TPSA) is 61.9 Å². The Balaban J connectivity index is 5.08. The molecular weight excluding hydrogens is 421 g/mol. The molecule has 0 aliphatic heterocycles. The molecule has 1 unspecified atom stereocenters. The van der Waals surface area contributed by atoms with Gasteiger partial charge in [0.2, 0.25) is 11.8 Å². The van der Waals surface area contributed by atoms with E-state index in [2.05, 4.69) is 11.9 Å². The smallest absolute Gasteiger partial charge is 0.243 e. The van der Waals surface area contributed by atoms with Crippen LogP contribution in [-0.4, -0.2) is 54.0 Å². The van der Waals surface area contributed by atoms with Crippen LogP contribution in [0.2, 0.25) is 0 Å². The van der Waals surface area contributed by atoms with Crippen LogP contribution in [0.5, 0.6) is 0 Å². The number of carbonyl (C=O) groups is 2. The van der Waals surface area contributed by atoms with Crippen molar-refractivity contribution in [2.24, 2.45) is 0 Å². The number of halogens is 2. The third-order valence-corrected chi connectivity index (χ3v) is 4.70. The molecule has 0 aliphatic rings. The monoisotopic (exact) mass is 455 g/mol. The standard InChI is InChI=1S/C23H35ClFN3O3/c1-8-21(25)20(24)13-14-26-22(29)15-28(17(3)4)23(30)16-27(9-2)18(5)11-10-12-19(6)31-7/h9-14,17,19H,2,8,15-16H2,1,3-7H3,(H,26,29)/b12-10-,14-13-,18-11+,21-20-. The van der Waals surface area contributed by atoms with Gasteiger partial charge < -0.3 is 19.9 Å². The molecule has 174 valence electrons. The fraction of sp³-hybridized carbons (Fsp3) is 0.478. The molecule has 0 aliphatic carbocycles. The van der Waals surface area contributed by atoms with Crippen molar-refractivity contribution in [1.82, 2.24) is 15.1 Å². The predicted octanol–water partition coefficient (Wildman–Crippen LogP) is 4.62. The lowest BCUT2D eigenvalue weighted by molar-refractivity contribution is -0.137. The zero-order chi connectivity index (χ0) is 24.0. The summed E-state index contributed by atoms with van der Waals surface area (Å²) in [7, 11) is 1.63. The van der Waals surface area contributed by atoms with E-state index in [0.717, 1.165) is 5.70 Å². The highest BCUT2D eigenvalue weighted by Crippen LogP contribution is 2.14. The van der Waals surface area contributed by atoms with Gasteiger partial charge in [-0.2, -0.15) is 0 Å². The minimum atomic E-state index is -0.467. The first-order valence-corrected chi connectivity index (χ1v) is 10.5. The van der Waals surface area contributed by atoms with E-state index in [4.69, 9.17) is 16.3 Å². The number of allylic oxidation sites excluding steroid dienone is 6. The van der Waals surface area contributed by atoms with Gasteiger partial charge in [-0.1, -0.05) is 37.3 Å². The Bertz CT molecular complexity index is 730. The Morgan fingerprint density at radius 3 is 2.42 bits per heavy atom. The van der Waals surface area contributed by atoms with E-state index in [9.17, 15) is 14.0 Å². The molecule has 0 rings (SSSR count). The lowest BCUT2D eigenvalue weighted by atomic mass is 10.2. The molecular formula is C23H35ClFN3O3. The average molecular weight is 456 g/mol. The second-order valence-corrected chi connectivity index (χ2v) is 7.47. The molecule has 0 bridgehead atoms. The van der Waals surface area contributed by atoms with Crippen LogP contribution in [-0.2, 0) is 14.3 Å². The van der Waals surface area contributed by atoms with Crippen molar-refractivity contribution >= 4 is 23.4 Å². The Hall–Kier alpha value is -2.38. The van der Waals surface area contributed by atoms with Gasteiger partial charge in [0.05, 0.1) is 11.1 Å². The zero-order valence-corrected chi connectivity index (χ0v) is 20.1. The van der Waals surface area contributed by atoms with Crippen LogP contribution in [0, 0.1) is 0 Å². The molecule has 0 spiro atoms.